The lowest BCUT2D eigenvalue weighted by Crippen LogP contribution is -2.26. The minimum atomic E-state index is -0.307. The molecule has 0 fully saturated rings. The van der Waals surface area contributed by atoms with Gasteiger partial charge in [-0.15, -0.1) is 11.3 Å². The molecule has 1 aromatic heterocycles. The van der Waals surface area contributed by atoms with Crippen LogP contribution in [-0.4, -0.2) is 16.8 Å². The van der Waals surface area contributed by atoms with Crippen molar-refractivity contribution < 1.29 is 9.59 Å². The van der Waals surface area contributed by atoms with Crippen LogP contribution in [0.2, 0.25) is 0 Å². The molecule has 6 nitrogen and oxygen atoms in total. The molecule has 0 bridgehead atoms. The van der Waals surface area contributed by atoms with Crippen LogP contribution >= 0.6 is 11.3 Å². The van der Waals surface area contributed by atoms with E-state index in [-0.39, 0.29) is 11.8 Å². The standard InChI is InChI=1S/C17H22N4O2S/c1-12-11-20-17(24-12)21(14-8-6-5-7-13(14)18)16(23)10-4-2-3-9-15(19)22/h5-8,11H,2-4,9-10,18H2,1H3,(H2,19,22). The Morgan fingerprint density at radius 3 is 2.50 bits per heavy atom. The second-order valence-electron chi connectivity index (χ2n) is 5.57. The third kappa shape index (κ3) is 4.79. The third-order valence-corrected chi connectivity index (χ3v) is 4.44. The van der Waals surface area contributed by atoms with Gasteiger partial charge in [-0.05, 0) is 31.9 Å². The van der Waals surface area contributed by atoms with Crippen LogP contribution in [0.25, 0.3) is 0 Å². The van der Waals surface area contributed by atoms with Gasteiger partial charge in [0.1, 0.15) is 0 Å². The summed E-state index contributed by atoms with van der Waals surface area (Å²) in [6, 6.07) is 7.26. The van der Waals surface area contributed by atoms with E-state index in [4.69, 9.17) is 11.5 Å². The number of hydrogen-bond donors (Lipinski definition) is 2. The van der Waals surface area contributed by atoms with Gasteiger partial charge in [0.05, 0.1) is 11.4 Å². The first kappa shape index (κ1) is 17.9. The molecule has 0 aliphatic rings. The molecule has 1 heterocycles. The van der Waals surface area contributed by atoms with E-state index in [1.165, 1.54) is 11.3 Å². The van der Waals surface area contributed by atoms with Crippen LogP contribution in [0.4, 0.5) is 16.5 Å². The van der Waals surface area contributed by atoms with Crippen LogP contribution in [0.5, 0.6) is 0 Å². The van der Waals surface area contributed by atoms with Crippen LogP contribution in [0, 0.1) is 6.92 Å². The van der Waals surface area contributed by atoms with Crippen molar-refractivity contribution >= 4 is 39.7 Å². The van der Waals surface area contributed by atoms with E-state index in [1.807, 2.05) is 25.1 Å². The Morgan fingerprint density at radius 1 is 1.17 bits per heavy atom. The number of rotatable bonds is 8. The van der Waals surface area contributed by atoms with E-state index in [9.17, 15) is 9.59 Å². The number of nitrogen functional groups attached to an aromatic ring is 1. The molecule has 0 saturated carbocycles. The predicted octanol–water partition coefficient (Wildman–Crippen LogP) is 3.13. The first-order valence-electron chi connectivity index (χ1n) is 7.87. The summed E-state index contributed by atoms with van der Waals surface area (Å²) in [4.78, 5) is 30.4. The van der Waals surface area contributed by atoms with Gasteiger partial charge in [0.15, 0.2) is 5.13 Å². The zero-order valence-electron chi connectivity index (χ0n) is 13.7. The number of primary amides is 1. The highest BCUT2D eigenvalue weighted by Crippen LogP contribution is 2.33. The molecule has 1 aromatic carbocycles. The number of aromatic nitrogens is 1. The number of thiazole rings is 1. The summed E-state index contributed by atoms with van der Waals surface area (Å²) < 4.78 is 0. The van der Waals surface area contributed by atoms with Crippen LogP contribution in [0.3, 0.4) is 0 Å². The van der Waals surface area contributed by atoms with E-state index >= 15 is 0 Å². The van der Waals surface area contributed by atoms with E-state index < -0.39 is 0 Å². The monoisotopic (exact) mass is 346 g/mol. The largest absolute Gasteiger partial charge is 0.397 e. The first-order valence-corrected chi connectivity index (χ1v) is 8.69. The lowest BCUT2D eigenvalue weighted by Gasteiger charge is -2.21. The summed E-state index contributed by atoms with van der Waals surface area (Å²) in [5.41, 5.74) is 12.3. The fourth-order valence-corrected chi connectivity index (χ4v) is 3.14. The van der Waals surface area contributed by atoms with Gasteiger partial charge in [-0.2, -0.15) is 0 Å². The number of para-hydroxylation sites is 2. The molecule has 0 saturated heterocycles. The molecule has 2 aromatic rings. The minimum Gasteiger partial charge on any atom is -0.397 e. The quantitative estimate of drug-likeness (QED) is 0.566. The fraction of sp³-hybridized carbons (Fsp3) is 0.353. The Labute approximate surface area is 145 Å². The average Bonchev–Trinajstić information content (AvgIpc) is 2.95. The summed E-state index contributed by atoms with van der Waals surface area (Å²) in [5.74, 6) is -0.361. The zero-order chi connectivity index (χ0) is 17.5. The van der Waals surface area contributed by atoms with Crippen LogP contribution in [0.1, 0.15) is 37.0 Å². The predicted molar refractivity (Wildman–Crippen MR) is 97.1 cm³/mol. The normalized spacial score (nSPS) is 10.5. The molecule has 4 N–H and O–H groups in total. The third-order valence-electron chi connectivity index (χ3n) is 3.54. The number of amides is 2. The average molecular weight is 346 g/mol. The van der Waals surface area contributed by atoms with Crippen molar-refractivity contribution in [1.29, 1.82) is 0 Å². The fourth-order valence-electron chi connectivity index (χ4n) is 2.35. The van der Waals surface area contributed by atoms with Gasteiger partial charge < -0.3 is 11.5 Å². The van der Waals surface area contributed by atoms with Gasteiger partial charge in [-0.3, -0.25) is 14.5 Å². The lowest BCUT2D eigenvalue weighted by atomic mass is 10.1. The second-order valence-corrected chi connectivity index (χ2v) is 6.78. The highest BCUT2D eigenvalue weighted by Gasteiger charge is 2.22. The van der Waals surface area contributed by atoms with Crippen molar-refractivity contribution in [3.8, 4) is 0 Å². The number of nitrogens with two attached hydrogens (primary N) is 2. The molecule has 7 heteroatoms. The van der Waals surface area contributed by atoms with Crippen LogP contribution in [-0.2, 0) is 9.59 Å². The molecular formula is C17H22N4O2S. The topological polar surface area (TPSA) is 102 Å². The smallest absolute Gasteiger partial charge is 0.233 e. The minimum absolute atomic E-state index is 0.0543. The lowest BCUT2D eigenvalue weighted by molar-refractivity contribution is -0.118. The Hall–Kier alpha value is -2.41. The van der Waals surface area contributed by atoms with E-state index in [1.54, 1.807) is 17.2 Å². The number of carbonyl (C=O) groups excluding carboxylic acids is 2. The SMILES string of the molecule is Cc1cnc(N(C(=O)CCCCCC(N)=O)c2ccccc2N)s1. The summed E-state index contributed by atoms with van der Waals surface area (Å²) in [7, 11) is 0. The van der Waals surface area contributed by atoms with Gasteiger partial charge >= 0.3 is 0 Å². The zero-order valence-corrected chi connectivity index (χ0v) is 14.5. The summed E-state index contributed by atoms with van der Waals surface area (Å²) >= 11 is 1.45. The van der Waals surface area contributed by atoms with E-state index in [0.29, 0.717) is 42.2 Å². The van der Waals surface area contributed by atoms with E-state index in [0.717, 1.165) is 11.3 Å². The van der Waals surface area contributed by atoms with Gasteiger partial charge in [0, 0.05) is 23.9 Å². The molecule has 0 atom stereocenters. The van der Waals surface area contributed by atoms with E-state index in [2.05, 4.69) is 4.98 Å². The second kappa shape index (κ2) is 8.44. The highest BCUT2D eigenvalue weighted by atomic mass is 32.1. The molecule has 0 radical (unpaired) electrons. The first-order chi connectivity index (χ1) is 11.5. The van der Waals surface area contributed by atoms with Gasteiger partial charge in [-0.25, -0.2) is 4.98 Å². The molecule has 0 aliphatic heterocycles. The molecular weight excluding hydrogens is 324 g/mol. The van der Waals surface area contributed by atoms with Gasteiger partial charge in [-0.1, -0.05) is 18.6 Å². The van der Waals surface area contributed by atoms with Crippen molar-refractivity contribution in [2.24, 2.45) is 5.73 Å². The number of carbonyl (C=O) groups is 2. The maximum Gasteiger partial charge on any atom is 0.233 e. The molecule has 0 spiro atoms. The highest BCUT2D eigenvalue weighted by molar-refractivity contribution is 7.15. The number of unbranched alkanes of at least 4 members (excludes halogenated alkanes) is 2. The van der Waals surface area contributed by atoms with Gasteiger partial charge in [0.2, 0.25) is 11.8 Å². The van der Waals surface area contributed by atoms with Crippen molar-refractivity contribution in [3.05, 3.63) is 35.3 Å². The number of aryl methyl sites for hydroxylation is 1. The Kier molecular flexibility index (Phi) is 6.31. The summed E-state index contributed by atoms with van der Waals surface area (Å²) in [6.07, 6.45) is 4.64. The number of hydrogen-bond acceptors (Lipinski definition) is 5. The maximum absolute atomic E-state index is 12.7. The molecule has 2 rings (SSSR count). The number of anilines is 3. The Morgan fingerprint density at radius 2 is 1.88 bits per heavy atom. The molecule has 0 unspecified atom stereocenters. The molecule has 0 aliphatic carbocycles. The number of nitrogens with zero attached hydrogens (tertiary/aromatic N) is 2. The maximum atomic E-state index is 12.7. The van der Waals surface area contributed by atoms with Crippen LogP contribution in [0.15, 0.2) is 30.5 Å². The molecule has 2 amide bonds. The van der Waals surface area contributed by atoms with Crippen molar-refractivity contribution in [3.63, 3.8) is 0 Å². The Balaban J connectivity index is 2.10. The van der Waals surface area contributed by atoms with Crippen molar-refractivity contribution in [1.82, 2.24) is 4.98 Å². The van der Waals surface area contributed by atoms with Gasteiger partial charge in [0.25, 0.3) is 0 Å². The van der Waals surface area contributed by atoms with Crippen molar-refractivity contribution in [2.45, 2.75) is 39.0 Å². The summed E-state index contributed by atoms with van der Waals surface area (Å²) in [6.45, 7) is 1.95. The molecule has 128 valence electrons. The Bertz CT molecular complexity index is 714. The van der Waals surface area contributed by atoms with Crippen LogP contribution < -0.4 is 16.4 Å². The number of benzene rings is 1. The van der Waals surface area contributed by atoms with Crippen molar-refractivity contribution in [2.75, 3.05) is 10.6 Å². The summed E-state index contributed by atoms with van der Waals surface area (Å²) in [5, 5.41) is 0.618. The molecule has 24 heavy (non-hydrogen) atoms.